The Balaban J connectivity index is 1.61. The Bertz CT molecular complexity index is 1560. The molecule has 3 aliphatic heterocycles. The minimum atomic E-state index is -0.969. The van der Waals surface area contributed by atoms with Crippen molar-refractivity contribution in [3.8, 4) is 5.75 Å². The second-order valence-electron chi connectivity index (χ2n) is 11.7. The molecule has 3 aliphatic rings. The highest BCUT2D eigenvalue weighted by Gasteiger charge is 2.55. The normalized spacial score (nSPS) is 22.5. The SMILES string of the molecule is COC1=NO[C@@]2(CC[C@H](C)N3C[C@H]2n2cc(C(=O)NCc4ccc(F)cc4F)c(=O)c(OC(=O)CCC(C)C)c2C3=O)C1. The molecule has 2 bridgehead atoms. The first-order valence-electron chi connectivity index (χ1n) is 14.3. The number of amides is 2. The van der Waals surface area contributed by atoms with Crippen LogP contribution in [-0.4, -0.2) is 58.4 Å². The van der Waals surface area contributed by atoms with Gasteiger partial charge in [0.1, 0.15) is 17.2 Å². The molecule has 1 aromatic heterocycles. The standard InChI is InChI=1S/C30H34F2N4O7/c1-16(2)5-8-24(37)42-27-25-29(40)35-15-22(30(10-9-17(35)3)12-23(41-4)34-43-30)36(25)14-20(26(27)38)28(39)33-13-18-6-7-19(31)11-21(18)32/h6-7,11,14,16-17,22H,5,8-10,12-13,15H2,1-4H3,(H,33,39)/t17-,22+,30-/m0/s1. The van der Waals surface area contributed by atoms with E-state index in [1.165, 1.54) is 23.9 Å². The number of hydrogen-bond acceptors (Lipinski definition) is 8. The maximum Gasteiger partial charge on any atom is 0.311 e. The van der Waals surface area contributed by atoms with E-state index in [1.807, 2.05) is 20.8 Å². The quantitative estimate of drug-likeness (QED) is 0.480. The van der Waals surface area contributed by atoms with E-state index in [2.05, 4.69) is 10.5 Å². The zero-order chi connectivity index (χ0) is 31.1. The first-order valence-corrected chi connectivity index (χ1v) is 14.3. The number of oxime groups is 1. The second kappa shape index (κ2) is 11.8. The molecule has 230 valence electrons. The highest BCUT2D eigenvalue weighted by atomic mass is 19.1. The summed E-state index contributed by atoms with van der Waals surface area (Å²) in [5.41, 5.74) is -2.51. The van der Waals surface area contributed by atoms with Gasteiger partial charge in [0.25, 0.3) is 11.8 Å². The van der Waals surface area contributed by atoms with Crippen LogP contribution in [0.2, 0.25) is 0 Å². The molecule has 4 heterocycles. The molecular weight excluding hydrogens is 566 g/mol. The summed E-state index contributed by atoms with van der Waals surface area (Å²) in [7, 11) is 1.48. The molecule has 0 unspecified atom stereocenters. The molecule has 0 radical (unpaired) electrons. The first-order chi connectivity index (χ1) is 20.4. The van der Waals surface area contributed by atoms with Gasteiger partial charge in [-0.15, -0.1) is 0 Å². The van der Waals surface area contributed by atoms with E-state index in [-0.39, 0.29) is 49.1 Å². The average molecular weight is 601 g/mol. The molecule has 1 saturated heterocycles. The fourth-order valence-corrected chi connectivity index (χ4v) is 5.78. The van der Waals surface area contributed by atoms with Crippen LogP contribution in [0.15, 0.2) is 34.3 Å². The number of benzene rings is 1. The number of halogens is 2. The smallest absolute Gasteiger partial charge is 0.311 e. The number of nitrogens with one attached hydrogen (secondary N) is 1. The van der Waals surface area contributed by atoms with Crippen LogP contribution in [0.5, 0.6) is 5.75 Å². The number of hydrogen-bond donors (Lipinski definition) is 1. The largest absolute Gasteiger partial charge is 0.482 e. The van der Waals surface area contributed by atoms with E-state index in [9.17, 15) is 28.0 Å². The first kappa shape index (κ1) is 30.2. The predicted octanol–water partition coefficient (Wildman–Crippen LogP) is 3.70. The van der Waals surface area contributed by atoms with Gasteiger partial charge in [-0.3, -0.25) is 19.2 Å². The molecular formula is C30H34F2N4O7. The van der Waals surface area contributed by atoms with Crippen LogP contribution < -0.4 is 15.5 Å². The van der Waals surface area contributed by atoms with Crippen molar-refractivity contribution in [2.75, 3.05) is 13.7 Å². The van der Waals surface area contributed by atoms with Crippen LogP contribution in [0.1, 0.15) is 85.3 Å². The number of ether oxygens (including phenoxy) is 2. The molecule has 11 nitrogen and oxygen atoms in total. The fraction of sp³-hybridized carbons (Fsp3) is 0.500. The molecule has 5 rings (SSSR count). The van der Waals surface area contributed by atoms with Crippen LogP contribution in [-0.2, 0) is 20.9 Å². The van der Waals surface area contributed by atoms with Gasteiger partial charge >= 0.3 is 5.97 Å². The summed E-state index contributed by atoms with van der Waals surface area (Å²) >= 11 is 0. The number of pyridine rings is 1. The van der Waals surface area contributed by atoms with Crippen molar-refractivity contribution in [2.45, 2.75) is 77.1 Å². The predicted molar refractivity (Wildman–Crippen MR) is 150 cm³/mol. The minimum Gasteiger partial charge on any atom is -0.482 e. The monoisotopic (exact) mass is 600 g/mol. The fourth-order valence-electron chi connectivity index (χ4n) is 5.78. The molecule has 1 spiro atoms. The van der Waals surface area contributed by atoms with Crippen LogP contribution in [0.4, 0.5) is 8.78 Å². The summed E-state index contributed by atoms with van der Waals surface area (Å²) in [6.45, 7) is 5.59. The van der Waals surface area contributed by atoms with E-state index < -0.39 is 57.8 Å². The number of aromatic nitrogens is 1. The molecule has 0 aliphatic carbocycles. The third-order valence-corrected chi connectivity index (χ3v) is 8.34. The summed E-state index contributed by atoms with van der Waals surface area (Å²) in [6.07, 6.45) is 3.06. The van der Waals surface area contributed by atoms with Crippen molar-refractivity contribution in [1.29, 1.82) is 0 Å². The number of carbonyl (C=O) groups is 3. The molecule has 3 atom stereocenters. The van der Waals surface area contributed by atoms with Crippen LogP contribution in [0.3, 0.4) is 0 Å². The number of carbonyl (C=O) groups excluding carboxylic acids is 3. The molecule has 1 aromatic carbocycles. The second-order valence-corrected chi connectivity index (χ2v) is 11.7. The molecule has 13 heteroatoms. The van der Waals surface area contributed by atoms with E-state index in [0.29, 0.717) is 31.2 Å². The van der Waals surface area contributed by atoms with E-state index in [1.54, 1.807) is 4.90 Å². The number of rotatable bonds is 7. The Morgan fingerprint density at radius 3 is 2.70 bits per heavy atom. The Labute approximate surface area is 246 Å². The lowest BCUT2D eigenvalue weighted by atomic mass is 9.85. The Kier molecular flexibility index (Phi) is 8.26. The van der Waals surface area contributed by atoms with Gasteiger partial charge in [0.15, 0.2) is 11.3 Å². The zero-order valence-corrected chi connectivity index (χ0v) is 24.4. The van der Waals surface area contributed by atoms with Crippen molar-refractivity contribution in [1.82, 2.24) is 14.8 Å². The summed E-state index contributed by atoms with van der Waals surface area (Å²) in [6, 6.07) is 2.06. The molecule has 1 fully saturated rings. The van der Waals surface area contributed by atoms with Gasteiger partial charge in [-0.1, -0.05) is 25.1 Å². The third-order valence-electron chi connectivity index (χ3n) is 8.34. The molecule has 0 saturated carbocycles. The molecule has 43 heavy (non-hydrogen) atoms. The highest BCUT2D eigenvalue weighted by molar-refractivity contribution is 6.00. The van der Waals surface area contributed by atoms with Crippen LogP contribution >= 0.6 is 0 Å². The summed E-state index contributed by atoms with van der Waals surface area (Å²) < 4.78 is 40.0. The zero-order valence-electron chi connectivity index (χ0n) is 24.4. The number of esters is 1. The number of methoxy groups -OCH3 is 1. The minimum absolute atomic E-state index is 0.000670. The Morgan fingerprint density at radius 1 is 1.26 bits per heavy atom. The highest BCUT2D eigenvalue weighted by Crippen LogP contribution is 2.46. The van der Waals surface area contributed by atoms with Gasteiger partial charge in [0.2, 0.25) is 17.1 Å². The van der Waals surface area contributed by atoms with Crippen LogP contribution in [0, 0.1) is 17.6 Å². The van der Waals surface area contributed by atoms with Gasteiger partial charge in [0.05, 0.1) is 19.6 Å². The lowest BCUT2D eigenvalue weighted by molar-refractivity contribution is -0.134. The van der Waals surface area contributed by atoms with E-state index in [0.717, 1.165) is 6.07 Å². The maximum absolute atomic E-state index is 14.2. The van der Waals surface area contributed by atoms with Crippen molar-refractivity contribution >= 4 is 23.7 Å². The number of nitrogens with zero attached hydrogens (tertiary/aromatic N) is 3. The van der Waals surface area contributed by atoms with E-state index in [4.69, 9.17) is 14.3 Å². The van der Waals surface area contributed by atoms with Gasteiger partial charge in [0, 0.05) is 43.4 Å². The average Bonchev–Trinajstić information content (AvgIpc) is 3.34. The van der Waals surface area contributed by atoms with Gasteiger partial charge < -0.3 is 29.1 Å². The van der Waals surface area contributed by atoms with Gasteiger partial charge in [-0.25, -0.2) is 8.78 Å². The molecule has 1 N–H and O–H groups in total. The van der Waals surface area contributed by atoms with Gasteiger partial charge in [-0.2, -0.15) is 0 Å². The topological polar surface area (TPSA) is 129 Å². The Hall–Kier alpha value is -4.29. The van der Waals surface area contributed by atoms with E-state index >= 15 is 0 Å². The Morgan fingerprint density at radius 2 is 2.02 bits per heavy atom. The summed E-state index contributed by atoms with van der Waals surface area (Å²) in [4.78, 5) is 61.6. The molecule has 2 aromatic rings. The van der Waals surface area contributed by atoms with Crippen LogP contribution in [0.25, 0.3) is 0 Å². The van der Waals surface area contributed by atoms with Crippen molar-refractivity contribution in [3.63, 3.8) is 0 Å². The summed E-state index contributed by atoms with van der Waals surface area (Å²) in [5, 5.41) is 6.57. The lowest BCUT2D eigenvalue weighted by Crippen LogP contribution is -2.52. The maximum atomic E-state index is 14.2. The van der Waals surface area contributed by atoms with Crippen molar-refractivity contribution < 1.29 is 37.5 Å². The summed E-state index contributed by atoms with van der Waals surface area (Å²) in [5.74, 6) is -3.78. The van der Waals surface area contributed by atoms with Gasteiger partial charge in [-0.05, 0) is 38.2 Å². The number of fused-ring (bicyclic) bond motifs is 5. The van der Waals surface area contributed by atoms with Crippen molar-refractivity contribution in [3.05, 3.63) is 63.1 Å². The van der Waals surface area contributed by atoms with Crippen molar-refractivity contribution in [2.24, 2.45) is 11.1 Å². The lowest BCUT2D eigenvalue weighted by Gasteiger charge is -2.41. The molecule has 2 amide bonds. The third kappa shape index (κ3) is 5.72.